The van der Waals surface area contributed by atoms with E-state index in [4.69, 9.17) is 4.74 Å². The summed E-state index contributed by atoms with van der Waals surface area (Å²) in [5.74, 6) is -1.15. The first-order chi connectivity index (χ1) is 12.6. The van der Waals surface area contributed by atoms with E-state index in [1.807, 2.05) is 0 Å². The maximum Gasteiger partial charge on any atom is 0.339 e. The maximum atomic E-state index is 12.5. The number of para-hydroxylation sites is 1. The number of anilines is 1. The highest BCUT2D eigenvalue weighted by molar-refractivity contribution is 6.08. The van der Waals surface area contributed by atoms with Gasteiger partial charge >= 0.3 is 5.97 Å². The molecule has 0 saturated carbocycles. The smallest absolute Gasteiger partial charge is 0.339 e. The molecule has 1 N–H and O–H groups in total. The van der Waals surface area contributed by atoms with E-state index in [-0.39, 0.29) is 17.2 Å². The zero-order chi connectivity index (χ0) is 18.5. The average Bonchev–Trinajstić information content (AvgIpc) is 3.22. The standard InChI is InChI=1S/C19H19N3O4/c1-26-19(25)14-6-2-3-7-15(14)21-17(23)16-12-13(8-9-20-16)18(24)22-10-4-5-11-22/h2-3,6-9,12H,4-5,10-11H2,1H3,(H,21,23). The van der Waals surface area contributed by atoms with Gasteiger partial charge in [0, 0.05) is 24.8 Å². The number of amides is 2. The highest BCUT2D eigenvalue weighted by Crippen LogP contribution is 2.18. The van der Waals surface area contributed by atoms with Crippen LogP contribution in [0, 0.1) is 0 Å². The topological polar surface area (TPSA) is 88.6 Å². The molecule has 0 bridgehead atoms. The van der Waals surface area contributed by atoms with Gasteiger partial charge in [0.2, 0.25) is 0 Å². The molecule has 1 aliphatic rings. The number of aromatic nitrogens is 1. The van der Waals surface area contributed by atoms with Crippen LogP contribution in [0.2, 0.25) is 0 Å². The lowest BCUT2D eigenvalue weighted by Gasteiger charge is -2.15. The molecule has 1 saturated heterocycles. The second kappa shape index (κ2) is 7.77. The molecular formula is C19H19N3O4. The third-order valence-electron chi connectivity index (χ3n) is 4.21. The number of likely N-dealkylation sites (tertiary alicyclic amines) is 1. The molecule has 0 radical (unpaired) electrons. The predicted molar refractivity (Wildman–Crippen MR) is 95.1 cm³/mol. The quantitative estimate of drug-likeness (QED) is 0.853. The molecule has 0 unspecified atom stereocenters. The molecule has 3 rings (SSSR count). The van der Waals surface area contributed by atoms with Crippen LogP contribution < -0.4 is 5.32 Å². The first-order valence-corrected chi connectivity index (χ1v) is 8.34. The van der Waals surface area contributed by atoms with Crippen LogP contribution in [0.4, 0.5) is 5.69 Å². The monoisotopic (exact) mass is 353 g/mol. The van der Waals surface area contributed by atoms with E-state index in [2.05, 4.69) is 10.3 Å². The number of hydrogen-bond acceptors (Lipinski definition) is 5. The van der Waals surface area contributed by atoms with Crippen molar-refractivity contribution < 1.29 is 19.1 Å². The van der Waals surface area contributed by atoms with Gasteiger partial charge in [0.1, 0.15) is 5.69 Å². The van der Waals surface area contributed by atoms with E-state index >= 15 is 0 Å². The van der Waals surface area contributed by atoms with Crippen molar-refractivity contribution in [1.29, 1.82) is 0 Å². The van der Waals surface area contributed by atoms with Gasteiger partial charge in [-0.1, -0.05) is 12.1 Å². The Hall–Kier alpha value is -3.22. The fourth-order valence-electron chi connectivity index (χ4n) is 2.86. The highest BCUT2D eigenvalue weighted by Gasteiger charge is 2.21. The highest BCUT2D eigenvalue weighted by atomic mass is 16.5. The summed E-state index contributed by atoms with van der Waals surface area (Å²) >= 11 is 0. The molecule has 7 nitrogen and oxygen atoms in total. The van der Waals surface area contributed by atoms with Crippen molar-refractivity contribution in [3.8, 4) is 0 Å². The fraction of sp³-hybridized carbons (Fsp3) is 0.263. The molecule has 1 aliphatic heterocycles. The van der Waals surface area contributed by atoms with Crippen LogP contribution in [-0.2, 0) is 4.74 Å². The molecule has 2 amide bonds. The molecule has 0 spiro atoms. The van der Waals surface area contributed by atoms with E-state index in [1.54, 1.807) is 35.2 Å². The summed E-state index contributed by atoms with van der Waals surface area (Å²) in [5.41, 5.74) is 1.10. The third kappa shape index (κ3) is 3.72. The van der Waals surface area contributed by atoms with E-state index < -0.39 is 11.9 Å². The second-order valence-electron chi connectivity index (χ2n) is 5.92. The number of carbonyl (C=O) groups is 3. The number of methoxy groups -OCH3 is 1. The van der Waals surface area contributed by atoms with E-state index in [9.17, 15) is 14.4 Å². The van der Waals surface area contributed by atoms with E-state index in [0.29, 0.717) is 11.3 Å². The number of carbonyl (C=O) groups excluding carboxylic acids is 3. The predicted octanol–water partition coefficient (Wildman–Crippen LogP) is 2.36. The van der Waals surface area contributed by atoms with Crippen molar-refractivity contribution >= 4 is 23.5 Å². The number of pyridine rings is 1. The Kier molecular flexibility index (Phi) is 5.26. The van der Waals surface area contributed by atoms with Gasteiger partial charge in [0.05, 0.1) is 18.4 Å². The average molecular weight is 353 g/mol. The summed E-state index contributed by atoms with van der Waals surface area (Å²) in [6.07, 6.45) is 3.42. The molecule has 134 valence electrons. The first-order valence-electron chi connectivity index (χ1n) is 8.34. The van der Waals surface area contributed by atoms with Gasteiger partial charge in [0.15, 0.2) is 0 Å². The van der Waals surface area contributed by atoms with E-state index in [1.165, 1.54) is 19.4 Å². The summed E-state index contributed by atoms with van der Waals surface area (Å²) < 4.78 is 4.72. The van der Waals surface area contributed by atoms with Gasteiger partial charge in [-0.15, -0.1) is 0 Å². The molecular weight excluding hydrogens is 334 g/mol. The maximum absolute atomic E-state index is 12.5. The Morgan fingerprint density at radius 3 is 2.58 bits per heavy atom. The second-order valence-corrected chi connectivity index (χ2v) is 5.92. The molecule has 26 heavy (non-hydrogen) atoms. The molecule has 7 heteroatoms. The van der Waals surface area contributed by atoms with Crippen LogP contribution >= 0.6 is 0 Å². The van der Waals surface area contributed by atoms with Crippen LogP contribution in [0.1, 0.15) is 44.0 Å². The molecule has 0 atom stereocenters. The number of benzene rings is 1. The number of esters is 1. The lowest BCUT2D eigenvalue weighted by atomic mass is 10.1. The minimum Gasteiger partial charge on any atom is -0.465 e. The van der Waals surface area contributed by atoms with Crippen LogP contribution in [-0.4, -0.2) is 47.9 Å². The molecule has 1 aromatic carbocycles. The van der Waals surface area contributed by atoms with Gasteiger partial charge in [-0.3, -0.25) is 14.6 Å². The summed E-state index contributed by atoms with van der Waals surface area (Å²) in [5, 5.41) is 2.65. The first kappa shape index (κ1) is 17.6. The van der Waals surface area contributed by atoms with Crippen molar-refractivity contribution in [3.63, 3.8) is 0 Å². The molecule has 1 aromatic heterocycles. The van der Waals surface area contributed by atoms with Crippen molar-refractivity contribution in [2.75, 3.05) is 25.5 Å². The van der Waals surface area contributed by atoms with Crippen molar-refractivity contribution in [2.45, 2.75) is 12.8 Å². The largest absolute Gasteiger partial charge is 0.465 e. The summed E-state index contributed by atoms with van der Waals surface area (Å²) in [4.78, 5) is 42.6. The van der Waals surface area contributed by atoms with Crippen LogP contribution in [0.25, 0.3) is 0 Å². The van der Waals surface area contributed by atoms with Crippen molar-refractivity contribution in [1.82, 2.24) is 9.88 Å². The van der Waals surface area contributed by atoms with Gasteiger partial charge in [-0.2, -0.15) is 0 Å². The minimum atomic E-state index is -0.549. The third-order valence-corrected chi connectivity index (χ3v) is 4.21. The number of hydrogen-bond donors (Lipinski definition) is 1. The summed E-state index contributed by atoms with van der Waals surface area (Å²) in [7, 11) is 1.27. The summed E-state index contributed by atoms with van der Waals surface area (Å²) in [6.45, 7) is 1.46. The number of ether oxygens (including phenoxy) is 1. The Labute approximate surface area is 151 Å². The van der Waals surface area contributed by atoms with Crippen molar-refractivity contribution in [2.24, 2.45) is 0 Å². The Morgan fingerprint density at radius 2 is 1.85 bits per heavy atom. The molecule has 0 aliphatic carbocycles. The molecule has 1 fully saturated rings. The summed E-state index contributed by atoms with van der Waals surface area (Å²) in [6, 6.07) is 9.60. The van der Waals surface area contributed by atoms with Crippen LogP contribution in [0.15, 0.2) is 42.6 Å². The van der Waals surface area contributed by atoms with Gasteiger partial charge in [0.25, 0.3) is 11.8 Å². The van der Waals surface area contributed by atoms with Gasteiger partial charge in [-0.05, 0) is 37.1 Å². The lowest BCUT2D eigenvalue weighted by molar-refractivity contribution is 0.0601. The number of rotatable bonds is 4. The zero-order valence-electron chi connectivity index (χ0n) is 14.4. The zero-order valence-corrected chi connectivity index (χ0v) is 14.4. The van der Waals surface area contributed by atoms with Crippen molar-refractivity contribution in [3.05, 3.63) is 59.4 Å². The number of nitrogens with zero attached hydrogens (tertiary/aromatic N) is 2. The van der Waals surface area contributed by atoms with Crippen LogP contribution in [0.3, 0.4) is 0 Å². The lowest BCUT2D eigenvalue weighted by Crippen LogP contribution is -2.28. The van der Waals surface area contributed by atoms with Gasteiger partial charge < -0.3 is 15.0 Å². The Balaban J connectivity index is 1.80. The normalized spacial score (nSPS) is 13.3. The Bertz CT molecular complexity index is 844. The molecule has 2 aromatic rings. The van der Waals surface area contributed by atoms with Crippen LogP contribution in [0.5, 0.6) is 0 Å². The molecule has 2 heterocycles. The SMILES string of the molecule is COC(=O)c1ccccc1NC(=O)c1cc(C(=O)N2CCCC2)ccn1. The minimum absolute atomic E-state index is 0.103. The number of nitrogens with one attached hydrogen (secondary N) is 1. The van der Waals surface area contributed by atoms with Gasteiger partial charge in [-0.25, -0.2) is 4.79 Å². The van der Waals surface area contributed by atoms with E-state index in [0.717, 1.165) is 25.9 Å². The fourth-order valence-corrected chi connectivity index (χ4v) is 2.86. The Morgan fingerprint density at radius 1 is 1.12 bits per heavy atom.